The molecule has 130 valence electrons. The van der Waals surface area contributed by atoms with Gasteiger partial charge in [0.25, 0.3) is 0 Å². The Morgan fingerprint density at radius 2 is 1.88 bits per heavy atom. The van der Waals surface area contributed by atoms with Gasteiger partial charge in [0.05, 0.1) is 11.4 Å². The molecule has 0 spiro atoms. The fraction of sp³-hybridized carbons (Fsp3) is 0.263. The SMILES string of the molecule is Cc1cc(F)ccc1S(=O)(=O)N1CCc2c(n(C)c3ccccc23)C1. The van der Waals surface area contributed by atoms with Gasteiger partial charge in [0, 0.05) is 30.2 Å². The minimum atomic E-state index is -3.65. The van der Waals surface area contributed by atoms with Gasteiger partial charge in [-0.2, -0.15) is 4.31 Å². The van der Waals surface area contributed by atoms with Crippen molar-refractivity contribution in [3.8, 4) is 0 Å². The van der Waals surface area contributed by atoms with Crippen LogP contribution in [0, 0.1) is 12.7 Å². The first-order valence-corrected chi connectivity index (χ1v) is 9.65. The summed E-state index contributed by atoms with van der Waals surface area (Å²) < 4.78 is 43.0. The number of sulfonamides is 1. The Morgan fingerprint density at radius 1 is 1.12 bits per heavy atom. The van der Waals surface area contributed by atoms with Gasteiger partial charge in [0.1, 0.15) is 5.82 Å². The first-order valence-electron chi connectivity index (χ1n) is 8.21. The summed E-state index contributed by atoms with van der Waals surface area (Å²) in [5.74, 6) is -0.425. The number of halogens is 1. The summed E-state index contributed by atoms with van der Waals surface area (Å²) in [7, 11) is -1.68. The number of fused-ring (bicyclic) bond motifs is 3. The predicted octanol–water partition coefficient (Wildman–Crippen LogP) is 3.37. The van der Waals surface area contributed by atoms with Crippen molar-refractivity contribution in [1.29, 1.82) is 0 Å². The zero-order valence-electron chi connectivity index (χ0n) is 14.2. The third kappa shape index (κ3) is 2.48. The van der Waals surface area contributed by atoms with Crippen molar-refractivity contribution in [2.24, 2.45) is 7.05 Å². The van der Waals surface area contributed by atoms with Gasteiger partial charge in [0.2, 0.25) is 10.0 Å². The zero-order chi connectivity index (χ0) is 17.8. The maximum absolute atomic E-state index is 13.3. The molecule has 4 nitrogen and oxygen atoms in total. The lowest BCUT2D eigenvalue weighted by Crippen LogP contribution is -2.36. The number of nitrogens with zero attached hydrogens (tertiary/aromatic N) is 2. The number of hydrogen-bond acceptors (Lipinski definition) is 2. The van der Waals surface area contributed by atoms with Crippen LogP contribution >= 0.6 is 0 Å². The van der Waals surface area contributed by atoms with Gasteiger partial charge < -0.3 is 4.57 Å². The Balaban J connectivity index is 1.77. The summed E-state index contributed by atoms with van der Waals surface area (Å²) in [6.45, 7) is 2.39. The first kappa shape index (κ1) is 16.3. The fourth-order valence-electron chi connectivity index (χ4n) is 3.73. The molecule has 1 aromatic heterocycles. The second-order valence-corrected chi connectivity index (χ2v) is 8.41. The normalized spacial score (nSPS) is 15.5. The van der Waals surface area contributed by atoms with Gasteiger partial charge in [-0.25, -0.2) is 12.8 Å². The van der Waals surface area contributed by atoms with Gasteiger partial charge in [0.15, 0.2) is 0 Å². The molecule has 0 radical (unpaired) electrons. The van der Waals surface area contributed by atoms with E-state index < -0.39 is 15.8 Å². The van der Waals surface area contributed by atoms with Crippen LogP contribution in [-0.2, 0) is 30.0 Å². The van der Waals surface area contributed by atoms with Crippen molar-refractivity contribution >= 4 is 20.9 Å². The predicted molar refractivity (Wildman–Crippen MR) is 95.4 cm³/mol. The Hall–Kier alpha value is -2.18. The summed E-state index contributed by atoms with van der Waals surface area (Å²) in [6, 6.07) is 12.0. The Kier molecular flexibility index (Phi) is 3.70. The average molecular weight is 358 g/mol. The maximum atomic E-state index is 13.3. The molecule has 0 saturated carbocycles. The van der Waals surface area contributed by atoms with E-state index in [9.17, 15) is 12.8 Å². The second kappa shape index (κ2) is 5.68. The minimum absolute atomic E-state index is 0.177. The molecule has 1 aliphatic rings. The Morgan fingerprint density at radius 3 is 2.64 bits per heavy atom. The fourth-order valence-corrected chi connectivity index (χ4v) is 5.34. The van der Waals surface area contributed by atoms with Crippen LogP contribution < -0.4 is 0 Å². The molecular weight excluding hydrogens is 339 g/mol. The van der Waals surface area contributed by atoms with Crippen molar-refractivity contribution in [3.05, 3.63) is 65.1 Å². The molecule has 0 N–H and O–H groups in total. The topological polar surface area (TPSA) is 42.3 Å². The zero-order valence-corrected chi connectivity index (χ0v) is 15.0. The van der Waals surface area contributed by atoms with Crippen molar-refractivity contribution in [1.82, 2.24) is 8.87 Å². The molecule has 25 heavy (non-hydrogen) atoms. The highest BCUT2D eigenvalue weighted by Gasteiger charge is 2.32. The summed E-state index contributed by atoms with van der Waals surface area (Å²) in [5, 5.41) is 1.19. The highest BCUT2D eigenvalue weighted by Crippen LogP contribution is 2.32. The van der Waals surface area contributed by atoms with Crippen molar-refractivity contribution in [2.45, 2.75) is 24.8 Å². The third-order valence-corrected chi connectivity index (χ3v) is 7.04. The lowest BCUT2D eigenvalue weighted by Gasteiger charge is -2.28. The molecule has 4 rings (SSSR count). The number of hydrogen-bond donors (Lipinski definition) is 0. The van der Waals surface area contributed by atoms with Gasteiger partial charge in [-0.3, -0.25) is 0 Å². The quantitative estimate of drug-likeness (QED) is 0.705. The molecule has 0 saturated heterocycles. The molecule has 2 aromatic carbocycles. The van der Waals surface area contributed by atoms with Crippen molar-refractivity contribution in [2.75, 3.05) is 6.54 Å². The van der Waals surface area contributed by atoms with E-state index in [0.717, 1.165) is 11.2 Å². The summed E-state index contributed by atoms with van der Waals surface area (Å²) in [4.78, 5) is 0.177. The lowest BCUT2D eigenvalue weighted by molar-refractivity contribution is 0.382. The van der Waals surface area contributed by atoms with Crippen LogP contribution in [0.15, 0.2) is 47.4 Å². The largest absolute Gasteiger partial charge is 0.346 e. The molecule has 0 amide bonds. The number of aryl methyl sites for hydroxylation is 2. The highest BCUT2D eigenvalue weighted by molar-refractivity contribution is 7.89. The van der Waals surface area contributed by atoms with Crippen LogP contribution in [0.5, 0.6) is 0 Å². The van der Waals surface area contributed by atoms with Crippen LogP contribution in [0.4, 0.5) is 4.39 Å². The Labute approximate surface area is 146 Å². The summed E-state index contributed by atoms with van der Waals surface area (Å²) in [5.41, 5.74) is 3.80. The first-order chi connectivity index (χ1) is 11.9. The maximum Gasteiger partial charge on any atom is 0.243 e. The van der Waals surface area contributed by atoms with Crippen LogP contribution in [0.3, 0.4) is 0 Å². The summed E-state index contributed by atoms with van der Waals surface area (Å²) >= 11 is 0. The van der Waals surface area contributed by atoms with Crippen LogP contribution in [0.1, 0.15) is 16.8 Å². The number of rotatable bonds is 2. The van der Waals surface area contributed by atoms with E-state index in [2.05, 4.69) is 16.7 Å². The standard InChI is InChI=1S/C19H19FN2O2S/c1-13-11-14(20)7-8-19(13)25(23,24)22-10-9-16-15-5-3-4-6-17(15)21(2)18(16)12-22/h3-8,11H,9-10,12H2,1-2H3. The molecule has 0 fully saturated rings. The monoisotopic (exact) mass is 358 g/mol. The van der Waals surface area contributed by atoms with E-state index in [1.54, 1.807) is 6.92 Å². The van der Waals surface area contributed by atoms with Gasteiger partial charge in [-0.1, -0.05) is 18.2 Å². The summed E-state index contributed by atoms with van der Waals surface area (Å²) in [6.07, 6.45) is 0.677. The smallest absolute Gasteiger partial charge is 0.243 e. The van der Waals surface area contributed by atoms with E-state index in [4.69, 9.17) is 0 Å². The second-order valence-electron chi connectivity index (χ2n) is 6.50. The van der Waals surface area contributed by atoms with E-state index >= 15 is 0 Å². The van der Waals surface area contributed by atoms with Gasteiger partial charge in [-0.05, 0) is 48.7 Å². The molecule has 1 aliphatic heterocycles. The third-order valence-electron chi connectivity index (χ3n) is 5.04. The van der Waals surface area contributed by atoms with Crippen LogP contribution in [-0.4, -0.2) is 23.8 Å². The van der Waals surface area contributed by atoms with Crippen LogP contribution in [0.25, 0.3) is 10.9 Å². The van der Waals surface area contributed by atoms with Gasteiger partial charge >= 0.3 is 0 Å². The molecule has 0 aliphatic carbocycles. The molecule has 0 atom stereocenters. The van der Waals surface area contributed by atoms with Crippen molar-refractivity contribution < 1.29 is 12.8 Å². The van der Waals surface area contributed by atoms with E-state index in [0.29, 0.717) is 25.1 Å². The van der Waals surface area contributed by atoms with E-state index in [1.807, 2.05) is 19.2 Å². The Bertz CT molecular complexity index is 1090. The molecule has 0 bridgehead atoms. The van der Waals surface area contributed by atoms with Gasteiger partial charge in [-0.15, -0.1) is 0 Å². The van der Waals surface area contributed by atoms with Crippen LogP contribution in [0.2, 0.25) is 0 Å². The molecular formula is C19H19FN2O2S. The minimum Gasteiger partial charge on any atom is -0.346 e. The van der Waals surface area contributed by atoms with Crippen molar-refractivity contribution in [3.63, 3.8) is 0 Å². The van der Waals surface area contributed by atoms with E-state index in [1.165, 1.54) is 33.5 Å². The molecule has 2 heterocycles. The molecule has 6 heteroatoms. The molecule has 3 aromatic rings. The van der Waals surface area contributed by atoms with E-state index in [-0.39, 0.29) is 4.90 Å². The average Bonchev–Trinajstić information content (AvgIpc) is 2.87. The lowest BCUT2D eigenvalue weighted by atomic mass is 10.1. The molecule has 0 unspecified atom stereocenters. The number of aromatic nitrogens is 1. The highest BCUT2D eigenvalue weighted by atomic mass is 32.2. The number of benzene rings is 2. The number of para-hydroxylation sites is 1.